The number of carbonyl (C=O) groups excluding carboxylic acids is 2. The van der Waals surface area contributed by atoms with E-state index in [1.54, 1.807) is 11.8 Å². The van der Waals surface area contributed by atoms with Crippen LogP contribution >= 0.6 is 11.6 Å². The van der Waals surface area contributed by atoms with Gasteiger partial charge in [0.25, 0.3) is 5.91 Å². The minimum absolute atomic E-state index is 0.00157. The summed E-state index contributed by atoms with van der Waals surface area (Å²) in [6.45, 7) is 3.57. The Morgan fingerprint density at radius 3 is 2.74 bits per heavy atom. The summed E-state index contributed by atoms with van der Waals surface area (Å²) in [7, 11) is 0. The Morgan fingerprint density at radius 2 is 2.04 bits per heavy atom. The number of nitrogens with zero attached hydrogens (tertiary/aromatic N) is 1. The molecule has 140 valence electrons. The fraction of sp³-hybridized carbons (Fsp3) is 0.300. The average Bonchev–Trinajstić information content (AvgIpc) is 2.62. The average molecular weight is 386 g/mol. The topological polar surface area (TPSA) is 70.7 Å². The summed E-state index contributed by atoms with van der Waals surface area (Å²) in [4.78, 5) is 25.7. The van der Waals surface area contributed by atoms with Gasteiger partial charge in [-0.15, -0.1) is 0 Å². The third-order valence-corrected chi connectivity index (χ3v) is 5.19. The third-order valence-electron chi connectivity index (χ3n) is 4.94. The number of nitrogens with one attached hydrogen (secondary N) is 2. The van der Waals surface area contributed by atoms with Crippen LogP contribution in [0, 0.1) is 0 Å². The van der Waals surface area contributed by atoms with Crippen molar-refractivity contribution in [1.29, 1.82) is 0 Å². The van der Waals surface area contributed by atoms with Crippen LogP contribution < -0.4 is 20.3 Å². The van der Waals surface area contributed by atoms with E-state index in [2.05, 4.69) is 10.6 Å². The molecule has 27 heavy (non-hydrogen) atoms. The molecular weight excluding hydrogens is 366 g/mol. The molecule has 2 aliphatic rings. The number of fused-ring (bicyclic) bond motifs is 2. The van der Waals surface area contributed by atoms with Gasteiger partial charge in [-0.2, -0.15) is 0 Å². The normalized spacial score (nSPS) is 20.9. The fourth-order valence-electron chi connectivity index (χ4n) is 3.79. The second-order valence-electron chi connectivity index (χ2n) is 6.92. The number of hydrogen-bond acceptors (Lipinski definition) is 4. The van der Waals surface area contributed by atoms with Crippen molar-refractivity contribution < 1.29 is 14.3 Å². The van der Waals surface area contributed by atoms with Gasteiger partial charge in [-0.3, -0.25) is 9.59 Å². The largest absolute Gasteiger partial charge is 0.482 e. The highest BCUT2D eigenvalue weighted by Crippen LogP contribution is 2.44. The zero-order chi connectivity index (χ0) is 19.1. The monoisotopic (exact) mass is 385 g/mol. The first kappa shape index (κ1) is 17.7. The molecule has 0 aliphatic carbocycles. The third kappa shape index (κ3) is 3.32. The molecule has 2 unspecified atom stereocenters. The van der Waals surface area contributed by atoms with E-state index < -0.39 is 0 Å². The smallest absolute Gasteiger partial charge is 0.262 e. The van der Waals surface area contributed by atoms with E-state index >= 15 is 0 Å². The number of amides is 2. The zero-order valence-corrected chi connectivity index (χ0v) is 15.8. The summed E-state index contributed by atoms with van der Waals surface area (Å²) in [5.74, 6) is 0.391. The van der Waals surface area contributed by atoms with Gasteiger partial charge in [0.1, 0.15) is 5.75 Å². The first-order valence-electron chi connectivity index (χ1n) is 8.85. The Hall–Kier alpha value is -2.73. The number of halogens is 1. The van der Waals surface area contributed by atoms with Crippen molar-refractivity contribution in [3.63, 3.8) is 0 Å². The molecular formula is C20H20ClN3O3. The highest BCUT2D eigenvalue weighted by Gasteiger charge is 2.34. The standard InChI is InChI=1S/C20H20ClN3O3/c1-11-7-16(22-14-5-3-13(21)4-6-14)15-8-19-17(23-20(26)10-27-19)9-18(15)24(11)12(2)25/h3-6,8-9,11,16,22H,7,10H2,1-2H3,(H,23,26). The van der Waals surface area contributed by atoms with Gasteiger partial charge in [-0.05, 0) is 49.7 Å². The van der Waals surface area contributed by atoms with Crippen LogP contribution in [0.25, 0.3) is 0 Å². The van der Waals surface area contributed by atoms with E-state index in [-0.39, 0.29) is 30.5 Å². The molecule has 0 saturated heterocycles. The number of hydrogen-bond donors (Lipinski definition) is 2. The molecule has 2 N–H and O–H groups in total. The summed E-state index contributed by atoms with van der Waals surface area (Å²) >= 11 is 5.98. The van der Waals surface area contributed by atoms with Crippen molar-refractivity contribution in [2.24, 2.45) is 0 Å². The van der Waals surface area contributed by atoms with E-state index in [0.717, 1.165) is 23.4 Å². The molecule has 2 aromatic carbocycles. The Balaban J connectivity index is 1.77. The maximum Gasteiger partial charge on any atom is 0.262 e. The number of anilines is 3. The number of ether oxygens (including phenoxy) is 1. The zero-order valence-electron chi connectivity index (χ0n) is 15.1. The van der Waals surface area contributed by atoms with Gasteiger partial charge in [0.15, 0.2) is 6.61 Å². The van der Waals surface area contributed by atoms with E-state index in [0.29, 0.717) is 16.5 Å². The lowest BCUT2D eigenvalue weighted by Crippen LogP contribution is -2.43. The maximum atomic E-state index is 12.3. The van der Waals surface area contributed by atoms with E-state index in [1.807, 2.05) is 43.3 Å². The highest BCUT2D eigenvalue weighted by molar-refractivity contribution is 6.30. The van der Waals surface area contributed by atoms with Crippen molar-refractivity contribution >= 4 is 40.5 Å². The fourth-order valence-corrected chi connectivity index (χ4v) is 3.92. The minimum atomic E-state index is -0.198. The van der Waals surface area contributed by atoms with Crippen LogP contribution in [0.3, 0.4) is 0 Å². The van der Waals surface area contributed by atoms with Gasteiger partial charge in [0.2, 0.25) is 5.91 Å². The molecule has 0 aromatic heterocycles. The molecule has 4 rings (SSSR count). The first-order valence-corrected chi connectivity index (χ1v) is 9.22. The van der Waals surface area contributed by atoms with Gasteiger partial charge < -0.3 is 20.3 Å². The minimum Gasteiger partial charge on any atom is -0.482 e. The van der Waals surface area contributed by atoms with Crippen LogP contribution in [0.15, 0.2) is 36.4 Å². The van der Waals surface area contributed by atoms with Gasteiger partial charge >= 0.3 is 0 Å². The molecule has 0 fully saturated rings. The Morgan fingerprint density at radius 1 is 1.30 bits per heavy atom. The highest BCUT2D eigenvalue weighted by atomic mass is 35.5. The first-order chi connectivity index (χ1) is 12.9. The van der Waals surface area contributed by atoms with Crippen LogP contribution in [0.5, 0.6) is 5.75 Å². The lowest BCUT2D eigenvalue weighted by atomic mass is 9.90. The quantitative estimate of drug-likeness (QED) is 0.820. The van der Waals surface area contributed by atoms with Gasteiger partial charge in [-0.25, -0.2) is 0 Å². The molecule has 0 saturated carbocycles. The Labute approximate surface area is 162 Å². The van der Waals surface area contributed by atoms with Gasteiger partial charge in [0.05, 0.1) is 17.4 Å². The van der Waals surface area contributed by atoms with Crippen LogP contribution in [0.2, 0.25) is 5.02 Å². The molecule has 2 heterocycles. The Bertz CT molecular complexity index is 913. The molecule has 7 heteroatoms. The molecule has 6 nitrogen and oxygen atoms in total. The van der Waals surface area contributed by atoms with E-state index in [1.165, 1.54) is 0 Å². The second kappa shape index (κ2) is 6.78. The van der Waals surface area contributed by atoms with Crippen LogP contribution in [0.4, 0.5) is 17.1 Å². The van der Waals surface area contributed by atoms with E-state index in [9.17, 15) is 9.59 Å². The number of rotatable bonds is 2. The van der Waals surface area contributed by atoms with Crippen molar-refractivity contribution in [2.45, 2.75) is 32.4 Å². The summed E-state index contributed by atoms with van der Waals surface area (Å²) < 4.78 is 5.58. The number of carbonyl (C=O) groups is 2. The molecule has 0 spiro atoms. The van der Waals surface area contributed by atoms with Gasteiger partial charge in [0, 0.05) is 29.2 Å². The summed E-state index contributed by atoms with van der Waals surface area (Å²) in [6, 6.07) is 11.3. The van der Waals surface area contributed by atoms with E-state index in [4.69, 9.17) is 16.3 Å². The summed E-state index contributed by atoms with van der Waals surface area (Å²) in [6.07, 6.45) is 0.750. The second-order valence-corrected chi connectivity index (χ2v) is 7.36. The predicted octanol–water partition coefficient (Wildman–Crippen LogP) is 3.97. The molecule has 0 radical (unpaired) electrons. The number of benzene rings is 2. The predicted molar refractivity (Wildman–Crippen MR) is 106 cm³/mol. The van der Waals surface area contributed by atoms with Crippen molar-refractivity contribution in [1.82, 2.24) is 0 Å². The van der Waals surface area contributed by atoms with Crippen molar-refractivity contribution in [2.75, 3.05) is 22.1 Å². The Kier molecular flexibility index (Phi) is 4.44. The molecule has 2 amide bonds. The molecule has 2 aliphatic heterocycles. The van der Waals surface area contributed by atoms with Gasteiger partial charge in [-0.1, -0.05) is 11.6 Å². The molecule has 2 atom stereocenters. The lowest BCUT2D eigenvalue weighted by molar-refractivity contribution is -0.118. The van der Waals surface area contributed by atoms with Crippen LogP contribution in [-0.4, -0.2) is 24.5 Å². The molecule has 0 bridgehead atoms. The maximum absolute atomic E-state index is 12.3. The van der Waals surface area contributed by atoms with Crippen molar-refractivity contribution in [3.8, 4) is 5.75 Å². The lowest BCUT2D eigenvalue weighted by Gasteiger charge is -2.40. The summed E-state index contributed by atoms with van der Waals surface area (Å²) in [5.41, 5.74) is 3.30. The summed E-state index contributed by atoms with van der Waals surface area (Å²) in [5, 5.41) is 7.03. The molecule has 2 aromatic rings. The SMILES string of the molecule is CC(=O)N1c2cc3c(cc2C(Nc2ccc(Cl)cc2)CC1C)OCC(=O)N3. The van der Waals surface area contributed by atoms with Crippen LogP contribution in [0.1, 0.15) is 31.9 Å². The van der Waals surface area contributed by atoms with Crippen molar-refractivity contribution in [3.05, 3.63) is 47.0 Å². The van der Waals surface area contributed by atoms with Crippen LogP contribution in [-0.2, 0) is 9.59 Å².